The van der Waals surface area contributed by atoms with Gasteiger partial charge < -0.3 is 11.1 Å². The summed E-state index contributed by atoms with van der Waals surface area (Å²) in [4.78, 5) is 11.8. The number of carbonyl (C=O) groups excluding carboxylic acids is 1. The normalized spacial score (nSPS) is 13.4. The van der Waals surface area contributed by atoms with Crippen molar-refractivity contribution >= 4 is 17.7 Å². The molecule has 0 fully saturated rings. The fourth-order valence-corrected chi connectivity index (χ4v) is 2.81. The van der Waals surface area contributed by atoms with Crippen molar-refractivity contribution in [3.05, 3.63) is 0 Å². The third-order valence-electron chi connectivity index (χ3n) is 3.85. The van der Waals surface area contributed by atoms with Crippen LogP contribution in [0.4, 0.5) is 0 Å². The van der Waals surface area contributed by atoms with Gasteiger partial charge in [0.2, 0.25) is 5.91 Å². The number of carbonyl (C=O) groups is 1. The molecule has 4 heteroatoms. The average molecular weight is 274 g/mol. The first-order valence-corrected chi connectivity index (χ1v) is 8.28. The van der Waals surface area contributed by atoms with Crippen molar-refractivity contribution in [2.75, 3.05) is 19.3 Å². The van der Waals surface area contributed by atoms with E-state index < -0.39 is 0 Å². The van der Waals surface area contributed by atoms with Crippen LogP contribution >= 0.6 is 11.8 Å². The highest BCUT2D eigenvalue weighted by Crippen LogP contribution is 2.29. The zero-order valence-corrected chi connectivity index (χ0v) is 13.2. The zero-order chi connectivity index (χ0) is 14.0. The number of nitrogens with one attached hydrogen (secondary N) is 1. The molecule has 0 spiro atoms. The van der Waals surface area contributed by atoms with Crippen molar-refractivity contribution in [3.63, 3.8) is 0 Å². The first kappa shape index (κ1) is 17.8. The maximum absolute atomic E-state index is 11.8. The van der Waals surface area contributed by atoms with Crippen LogP contribution in [0.15, 0.2) is 0 Å². The lowest BCUT2D eigenvalue weighted by Gasteiger charge is -2.29. The van der Waals surface area contributed by atoms with E-state index >= 15 is 0 Å². The molecule has 3 nitrogen and oxygen atoms in total. The zero-order valence-electron chi connectivity index (χ0n) is 12.4. The summed E-state index contributed by atoms with van der Waals surface area (Å²) in [7, 11) is 0. The lowest BCUT2D eigenvalue weighted by atomic mass is 10.0. The minimum absolute atomic E-state index is 0.180. The van der Waals surface area contributed by atoms with E-state index in [1.807, 2.05) is 11.8 Å². The van der Waals surface area contributed by atoms with Gasteiger partial charge in [-0.3, -0.25) is 4.79 Å². The molecule has 1 unspecified atom stereocenters. The topological polar surface area (TPSA) is 55.1 Å². The van der Waals surface area contributed by atoms with Gasteiger partial charge in [-0.05, 0) is 44.4 Å². The van der Waals surface area contributed by atoms with Crippen LogP contribution in [0, 0.1) is 5.92 Å². The van der Waals surface area contributed by atoms with Gasteiger partial charge in [0.05, 0.1) is 0 Å². The molecule has 0 saturated heterocycles. The standard InChI is InChI=1S/C14H30N2OS/c1-5-14(6-2,18-4)11-16-13(17)8-7-12(3)9-10-15/h12H,5-11,15H2,1-4H3,(H,16,17). The fourth-order valence-electron chi connectivity index (χ4n) is 2.02. The molecule has 0 aliphatic carbocycles. The summed E-state index contributed by atoms with van der Waals surface area (Å²) in [5, 5.41) is 3.08. The van der Waals surface area contributed by atoms with E-state index in [2.05, 4.69) is 32.3 Å². The van der Waals surface area contributed by atoms with Crippen LogP contribution in [0.25, 0.3) is 0 Å². The quantitative estimate of drug-likeness (QED) is 0.644. The number of rotatable bonds is 10. The van der Waals surface area contributed by atoms with Gasteiger partial charge in [-0.2, -0.15) is 11.8 Å². The highest BCUT2D eigenvalue weighted by molar-refractivity contribution is 8.00. The largest absolute Gasteiger partial charge is 0.355 e. The van der Waals surface area contributed by atoms with Crippen molar-refractivity contribution in [1.82, 2.24) is 5.32 Å². The third-order valence-corrected chi connectivity index (χ3v) is 5.44. The van der Waals surface area contributed by atoms with E-state index in [9.17, 15) is 4.79 Å². The smallest absolute Gasteiger partial charge is 0.220 e. The second kappa shape index (κ2) is 9.68. The van der Waals surface area contributed by atoms with Gasteiger partial charge in [-0.15, -0.1) is 0 Å². The molecule has 0 bridgehead atoms. The van der Waals surface area contributed by atoms with E-state index in [-0.39, 0.29) is 10.7 Å². The van der Waals surface area contributed by atoms with Crippen molar-refractivity contribution in [2.24, 2.45) is 11.7 Å². The first-order chi connectivity index (χ1) is 8.53. The summed E-state index contributed by atoms with van der Waals surface area (Å²) in [6, 6.07) is 0. The number of nitrogens with two attached hydrogens (primary N) is 1. The van der Waals surface area contributed by atoms with Crippen LogP contribution < -0.4 is 11.1 Å². The highest BCUT2D eigenvalue weighted by atomic mass is 32.2. The van der Waals surface area contributed by atoms with Gasteiger partial charge in [0.25, 0.3) is 0 Å². The highest BCUT2D eigenvalue weighted by Gasteiger charge is 2.25. The molecule has 0 saturated carbocycles. The summed E-state index contributed by atoms with van der Waals surface area (Å²) < 4.78 is 0.207. The molecule has 0 radical (unpaired) electrons. The second-order valence-electron chi connectivity index (χ2n) is 5.09. The van der Waals surface area contributed by atoms with Gasteiger partial charge in [0, 0.05) is 17.7 Å². The van der Waals surface area contributed by atoms with E-state index in [4.69, 9.17) is 5.73 Å². The molecule has 0 aliphatic heterocycles. The van der Waals surface area contributed by atoms with Gasteiger partial charge >= 0.3 is 0 Å². The maximum Gasteiger partial charge on any atom is 0.220 e. The van der Waals surface area contributed by atoms with E-state index in [1.54, 1.807) is 0 Å². The Morgan fingerprint density at radius 1 is 1.33 bits per heavy atom. The molecule has 0 heterocycles. The van der Waals surface area contributed by atoms with E-state index in [0.29, 0.717) is 18.9 Å². The van der Waals surface area contributed by atoms with Crippen LogP contribution in [0.3, 0.4) is 0 Å². The van der Waals surface area contributed by atoms with E-state index in [1.165, 1.54) is 0 Å². The van der Waals surface area contributed by atoms with Gasteiger partial charge in [0.15, 0.2) is 0 Å². The van der Waals surface area contributed by atoms with Crippen molar-refractivity contribution < 1.29 is 4.79 Å². The molecule has 3 N–H and O–H groups in total. The van der Waals surface area contributed by atoms with Crippen LogP contribution in [0.2, 0.25) is 0 Å². The second-order valence-corrected chi connectivity index (χ2v) is 6.37. The molecule has 18 heavy (non-hydrogen) atoms. The molecule has 1 atom stereocenters. The van der Waals surface area contributed by atoms with Crippen LogP contribution in [-0.4, -0.2) is 30.0 Å². The lowest BCUT2D eigenvalue weighted by molar-refractivity contribution is -0.121. The predicted molar refractivity (Wildman–Crippen MR) is 81.9 cm³/mol. The molecule has 0 aromatic rings. The molecule has 0 aliphatic rings. The Hall–Kier alpha value is -0.220. The number of amides is 1. The van der Waals surface area contributed by atoms with E-state index in [0.717, 1.165) is 32.2 Å². The monoisotopic (exact) mass is 274 g/mol. The minimum Gasteiger partial charge on any atom is -0.355 e. The van der Waals surface area contributed by atoms with Gasteiger partial charge in [0.1, 0.15) is 0 Å². The number of hydrogen-bond acceptors (Lipinski definition) is 3. The Labute approximate surface area is 117 Å². The first-order valence-electron chi connectivity index (χ1n) is 7.05. The third kappa shape index (κ3) is 6.64. The molecule has 0 aromatic carbocycles. The Morgan fingerprint density at radius 2 is 1.94 bits per heavy atom. The van der Waals surface area contributed by atoms with Gasteiger partial charge in [-0.25, -0.2) is 0 Å². The number of hydrogen-bond donors (Lipinski definition) is 2. The van der Waals surface area contributed by atoms with Crippen LogP contribution in [0.5, 0.6) is 0 Å². The molecular formula is C14H30N2OS. The summed E-state index contributed by atoms with van der Waals surface area (Å²) in [5.74, 6) is 0.725. The molecule has 0 aromatic heterocycles. The minimum atomic E-state index is 0.180. The molecule has 108 valence electrons. The summed E-state index contributed by atoms with van der Waals surface area (Å²) in [5.41, 5.74) is 5.50. The Bertz CT molecular complexity index is 222. The van der Waals surface area contributed by atoms with Crippen molar-refractivity contribution in [3.8, 4) is 0 Å². The number of thioether (sulfide) groups is 1. The Kier molecular flexibility index (Phi) is 9.56. The van der Waals surface area contributed by atoms with Crippen molar-refractivity contribution in [2.45, 2.75) is 57.6 Å². The van der Waals surface area contributed by atoms with Crippen LogP contribution in [0.1, 0.15) is 52.9 Å². The molecule has 1 amide bonds. The van der Waals surface area contributed by atoms with Crippen LogP contribution in [-0.2, 0) is 4.79 Å². The molecule has 0 rings (SSSR count). The maximum atomic E-state index is 11.8. The van der Waals surface area contributed by atoms with Crippen molar-refractivity contribution in [1.29, 1.82) is 0 Å². The fraction of sp³-hybridized carbons (Fsp3) is 0.929. The Morgan fingerprint density at radius 3 is 2.39 bits per heavy atom. The summed E-state index contributed by atoms with van der Waals surface area (Å²) >= 11 is 1.86. The SMILES string of the molecule is CCC(CC)(CNC(=O)CCC(C)CCN)SC. The summed E-state index contributed by atoms with van der Waals surface area (Å²) in [6.07, 6.45) is 6.88. The molecular weight excluding hydrogens is 244 g/mol. The van der Waals surface area contributed by atoms with Gasteiger partial charge in [-0.1, -0.05) is 20.8 Å². The lowest BCUT2D eigenvalue weighted by Crippen LogP contribution is -2.39. The predicted octanol–water partition coefficient (Wildman–Crippen LogP) is 2.79. The Balaban J connectivity index is 3.95. The average Bonchev–Trinajstić information content (AvgIpc) is 2.39. The summed E-state index contributed by atoms with van der Waals surface area (Å²) in [6.45, 7) is 8.03.